The Labute approximate surface area is 171 Å². The zero-order valence-corrected chi connectivity index (χ0v) is 18.1. The molecule has 1 aromatic heterocycles. The van der Waals surface area contributed by atoms with Gasteiger partial charge in [-0.3, -0.25) is 0 Å². The van der Waals surface area contributed by atoms with Crippen molar-refractivity contribution >= 4 is 36.0 Å². The van der Waals surface area contributed by atoms with E-state index in [1.54, 1.807) is 18.2 Å². The maximum atomic E-state index is 12.1. The number of hydrogen-bond acceptors (Lipinski definition) is 5. The number of ether oxygens (including phenoxy) is 2. The maximum Gasteiger partial charge on any atom is 0.410 e. The van der Waals surface area contributed by atoms with Gasteiger partial charge >= 0.3 is 6.09 Å². The van der Waals surface area contributed by atoms with E-state index in [-0.39, 0.29) is 30.1 Å². The molecule has 1 saturated heterocycles. The lowest BCUT2D eigenvalue weighted by atomic mass is 10.2. The van der Waals surface area contributed by atoms with Crippen molar-refractivity contribution in [1.29, 1.82) is 0 Å². The van der Waals surface area contributed by atoms with Crippen LogP contribution in [0.2, 0.25) is 0 Å². The smallest absolute Gasteiger partial charge is 0.410 e. The molecule has 2 N–H and O–H groups in total. The summed E-state index contributed by atoms with van der Waals surface area (Å²) in [5.41, 5.74) is 6.57. The summed E-state index contributed by atoms with van der Waals surface area (Å²) in [5.74, 6) is 1.02. The van der Waals surface area contributed by atoms with Crippen LogP contribution in [0.15, 0.2) is 23.3 Å². The number of carbonyl (C=O) groups excluding carboxylic acids is 1. The molecule has 0 atom stereocenters. The number of methoxy groups -OCH3 is 1. The van der Waals surface area contributed by atoms with Crippen LogP contribution < -0.4 is 10.5 Å². The SMILES string of the molecule is COc1cc(CN=C(N)N2CCN(C(=O)OC(C)(C)C)CC2)ccn1.I. The van der Waals surface area contributed by atoms with Crippen molar-refractivity contribution in [3.8, 4) is 5.88 Å². The highest BCUT2D eigenvalue weighted by molar-refractivity contribution is 14.0. The van der Waals surface area contributed by atoms with Crippen LogP contribution >= 0.6 is 24.0 Å². The van der Waals surface area contributed by atoms with Gasteiger partial charge in [0.2, 0.25) is 5.88 Å². The zero-order chi connectivity index (χ0) is 18.4. The van der Waals surface area contributed by atoms with E-state index in [1.807, 2.05) is 37.8 Å². The minimum atomic E-state index is -0.486. The molecular formula is C17H28IN5O3. The first-order valence-corrected chi connectivity index (χ1v) is 8.30. The Bertz CT molecular complexity index is 625. The van der Waals surface area contributed by atoms with Gasteiger partial charge in [-0.2, -0.15) is 0 Å². The van der Waals surface area contributed by atoms with Crippen LogP contribution in [-0.4, -0.2) is 65.7 Å². The molecule has 1 aliphatic rings. The third kappa shape index (κ3) is 6.85. The van der Waals surface area contributed by atoms with Crippen LogP contribution in [0.1, 0.15) is 26.3 Å². The number of aromatic nitrogens is 1. The topological polar surface area (TPSA) is 93.3 Å². The Balaban J connectivity index is 0.00000338. The average molecular weight is 477 g/mol. The van der Waals surface area contributed by atoms with Gasteiger partial charge in [0.05, 0.1) is 13.7 Å². The van der Waals surface area contributed by atoms with Crippen molar-refractivity contribution < 1.29 is 14.3 Å². The molecule has 0 saturated carbocycles. The summed E-state index contributed by atoms with van der Waals surface area (Å²) >= 11 is 0. The second kappa shape index (κ2) is 9.79. The van der Waals surface area contributed by atoms with Gasteiger partial charge in [0.1, 0.15) is 5.60 Å². The summed E-state index contributed by atoms with van der Waals surface area (Å²) in [6, 6.07) is 3.71. The number of halogens is 1. The largest absolute Gasteiger partial charge is 0.481 e. The summed E-state index contributed by atoms with van der Waals surface area (Å²) in [4.78, 5) is 24.2. The van der Waals surface area contributed by atoms with Gasteiger partial charge in [-0.1, -0.05) is 0 Å². The highest BCUT2D eigenvalue weighted by Gasteiger charge is 2.26. The lowest BCUT2D eigenvalue weighted by Crippen LogP contribution is -2.53. The summed E-state index contributed by atoms with van der Waals surface area (Å²) in [5, 5.41) is 0. The van der Waals surface area contributed by atoms with Gasteiger partial charge in [0.25, 0.3) is 0 Å². The monoisotopic (exact) mass is 477 g/mol. The molecule has 0 radical (unpaired) electrons. The average Bonchev–Trinajstić information content (AvgIpc) is 2.58. The molecule has 1 fully saturated rings. The lowest BCUT2D eigenvalue weighted by Gasteiger charge is -2.36. The van der Waals surface area contributed by atoms with Crippen LogP contribution in [0.3, 0.4) is 0 Å². The summed E-state index contributed by atoms with van der Waals surface area (Å²) in [7, 11) is 1.58. The first-order valence-electron chi connectivity index (χ1n) is 8.30. The van der Waals surface area contributed by atoms with Gasteiger partial charge in [0.15, 0.2) is 5.96 Å². The molecular weight excluding hydrogens is 449 g/mol. The predicted octanol–water partition coefficient (Wildman–Crippen LogP) is 2.08. The number of nitrogens with zero attached hydrogens (tertiary/aromatic N) is 4. The highest BCUT2D eigenvalue weighted by atomic mass is 127. The molecule has 0 aliphatic carbocycles. The van der Waals surface area contributed by atoms with Crippen LogP contribution in [0, 0.1) is 0 Å². The predicted molar refractivity (Wildman–Crippen MR) is 111 cm³/mol. The molecule has 26 heavy (non-hydrogen) atoms. The number of piperazine rings is 1. The van der Waals surface area contributed by atoms with E-state index in [0.717, 1.165) is 5.56 Å². The van der Waals surface area contributed by atoms with Gasteiger partial charge in [0, 0.05) is 38.4 Å². The van der Waals surface area contributed by atoms with Crippen LogP contribution in [0.25, 0.3) is 0 Å². The molecule has 146 valence electrons. The molecule has 1 amide bonds. The van der Waals surface area contributed by atoms with E-state index in [1.165, 1.54) is 0 Å². The normalized spacial score (nSPS) is 15.3. The van der Waals surface area contributed by atoms with Crippen molar-refractivity contribution in [2.24, 2.45) is 10.7 Å². The Morgan fingerprint density at radius 1 is 1.27 bits per heavy atom. The van der Waals surface area contributed by atoms with E-state index in [2.05, 4.69) is 9.98 Å². The molecule has 0 aromatic carbocycles. The molecule has 1 aliphatic heterocycles. The van der Waals surface area contributed by atoms with Crippen molar-refractivity contribution in [2.75, 3.05) is 33.3 Å². The van der Waals surface area contributed by atoms with Gasteiger partial charge in [-0.15, -0.1) is 24.0 Å². The number of pyridine rings is 1. The Morgan fingerprint density at radius 3 is 2.46 bits per heavy atom. The van der Waals surface area contributed by atoms with E-state index in [4.69, 9.17) is 15.2 Å². The molecule has 0 bridgehead atoms. The van der Waals surface area contributed by atoms with E-state index in [0.29, 0.717) is 44.6 Å². The Hall–Kier alpha value is -1.78. The minimum absolute atomic E-state index is 0. The minimum Gasteiger partial charge on any atom is -0.481 e. The lowest BCUT2D eigenvalue weighted by molar-refractivity contribution is 0.0186. The van der Waals surface area contributed by atoms with Crippen molar-refractivity contribution in [3.63, 3.8) is 0 Å². The number of amides is 1. The molecule has 0 unspecified atom stereocenters. The van der Waals surface area contributed by atoms with Crippen molar-refractivity contribution in [3.05, 3.63) is 23.9 Å². The third-order valence-corrected chi connectivity index (χ3v) is 3.69. The molecule has 2 rings (SSSR count). The fourth-order valence-corrected chi connectivity index (χ4v) is 2.38. The summed E-state index contributed by atoms with van der Waals surface area (Å²) in [6.45, 7) is 8.43. The number of guanidine groups is 1. The molecule has 2 heterocycles. The summed E-state index contributed by atoms with van der Waals surface area (Å²) in [6.07, 6.45) is 1.39. The van der Waals surface area contributed by atoms with Crippen molar-refractivity contribution in [1.82, 2.24) is 14.8 Å². The second-order valence-electron chi connectivity index (χ2n) is 6.84. The standard InChI is InChI=1S/C17H27N5O3.HI/c1-17(2,3)25-16(23)22-9-7-21(8-10-22)15(18)20-12-13-5-6-19-14(11-13)24-4;/h5-6,11H,7-10,12H2,1-4H3,(H2,18,20);1H. The first-order chi connectivity index (χ1) is 11.8. The van der Waals surface area contributed by atoms with Crippen molar-refractivity contribution in [2.45, 2.75) is 32.9 Å². The molecule has 1 aromatic rings. The molecule has 0 spiro atoms. The molecule has 9 heteroatoms. The quantitative estimate of drug-likeness (QED) is 0.407. The fourth-order valence-electron chi connectivity index (χ4n) is 2.38. The first kappa shape index (κ1) is 22.3. The summed E-state index contributed by atoms with van der Waals surface area (Å²) < 4.78 is 10.5. The number of carbonyl (C=O) groups is 1. The van der Waals surface area contributed by atoms with E-state index in [9.17, 15) is 4.79 Å². The maximum absolute atomic E-state index is 12.1. The Morgan fingerprint density at radius 2 is 1.88 bits per heavy atom. The van der Waals surface area contributed by atoms with E-state index < -0.39 is 5.60 Å². The van der Waals surface area contributed by atoms with Gasteiger partial charge < -0.3 is 25.0 Å². The number of hydrogen-bond donors (Lipinski definition) is 1. The van der Waals surface area contributed by atoms with Crippen LogP contribution in [0.5, 0.6) is 5.88 Å². The van der Waals surface area contributed by atoms with Crippen LogP contribution in [0.4, 0.5) is 4.79 Å². The molecule has 8 nitrogen and oxygen atoms in total. The van der Waals surface area contributed by atoms with Crippen LogP contribution in [-0.2, 0) is 11.3 Å². The van der Waals surface area contributed by atoms with E-state index >= 15 is 0 Å². The number of rotatable bonds is 3. The number of nitrogens with two attached hydrogens (primary N) is 1. The fraction of sp³-hybridized carbons (Fsp3) is 0.588. The highest BCUT2D eigenvalue weighted by Crippen LogP contribution is 2.12. The Kier molecular flexibility index (Phi) is 8.38. The van der Waals surface area contributed by atoms with Gasteiger partial charge in [-0.05, 0) is 32.4 Å². The zero-order valence-electron chi connectivity index (χ0n) is 15.8. The number of aliphatic imine (C=N–C) groups is 1. The third-order valence-electron chi connectivity index (χ3n) is 3.69. The second-order valence-corrected chi connectivity index (χ2v) is 6.84. The van der Waals surface area contributed by atoms with Gasteiger partial charge in [-0.25, -0.2) is 14.8 Å².